The predicted molar refractivity (Wildman–Crippen MR) is 128 cm³/mol. The zero-order chi connectivity index (χ0) is 23.9. The van der Waals surface area contributed by atoms with Gasteiger partial charge in [-0.25, -0.2) is 14.2 Å². The summed E-state index contributed by atoms with van der Waals surface area (Å²) >= 11 is 10.5. The summed E-state index contributed by atoms with van der Waals surface area (Å²) in [6.07, 6.45) is 1.51. The standard InChI is InChI=1S/C23H17BrClFN2O4S/c1-3-32-22(31)18-11(2)27-23-28(19(18)12-4-6-15(26)7-5-12)21(30)17(33-23)9-13-8-14(24)10-16(25)20(13)29/h4-10,19,29H,3H2,1-2H3/b17-9-/t19-/m0/s1. The molecule has 4 rings (SSSR count). The number of hydrogen-bond acceptors (Lipinski definition) is 6. The van der Waals surface area contributed by atoms with E-state index in [1.54, 1.807) is 26.0 Å². The Balaban J connectivity index is 1.98. The first kappa shape index (κ1) is 23.4. The van der Waals surface area contributed by atoms with E-state index >= 15 is 0 Å². The molecule has 170 valence electrons. The van der Waals surface area contributed by atoms with Crippen molar-refractivity contribution in [2.45, 2.75) is 19.9 Å². The fourth-order valence-corrected chi connectivity index (χ4v) is 5.46. The van der Waals surface area contributed by atoms with Crippen molar-refractivity contribution in [2.75, 3.05) is 6.61 Å². The molecule has 0 amide bonds. The SMILES string of the molecule is CCOC(=O)C1=C(C)N=c2s/c(=C\c3cc(Br)cc(Cl)c3O)c(=O)n2[C@H]1c1ccc(F)cc1. The van der Waals surface area contributed by atoms with Gasteiger partial charge in [0.15, 0.2) is 4.80 Å². The number of fused-ring (bicyclic) bond motifs is 1. The first-order valence-electron chi connectivity index (χ1n) is 9.84. The van der Waals surface area contributed by atoms with Crippen LogP contribution in [-0.2, 0) is 9.53 Å². The number of hydrogen-bond donors (Lipinski definition) is 1. The number of allylic oxidation sites excluding steroid dienone is 1. The summed E-state index contributed by atoms with van der Waals surface area (Å²) in [7, 11) is 0. The number of nitrogens with zero attached hydrogens (tertiary/aromatic N) is 2. The van der Waals surface area contributed by atoms with Gasteiger partial charge in [-0.3, -0.25) is 9.36 Å². The molecule has 3 aromatic rings. The molecule has 6 nitrogen and oxygen atoms in total. The van der Waals surface area contributed by atoms with Crippen molar-refractivity contribution in [1.82, 2.24) is 4.57 Å². The van der Waals surface area contributed by atoms with Gasteiger partial charge in [-0.1, -0.05) is 51.0 Å². The van der Waals surface area contributed by atoms with Gasteiger partial charge in [0.2, 0.25) is 0 Å². The molecule has 33 heavy (non-hydrogen) atoms. The van der Waals surface area contributed by atoms with E-state index in [9.17, 15) is 19.1 Å². The van der Waals surface area contributed by atoms with Gasteiger partial charge >= 0.3 is 5.97 Å². The average Bonchev–Trinajstić information content (AvgIpc) is 3.06. The molecule has 1 aliphatic heterocycles. The molecule has 0 saturated carbocycles. The van der Waals surface area contributed by atoms with Crippen LogP contribution < -0.4 is 14.9 Å². The van der Waals surface area contributed by atoms with Crippen LogP contribution >= 0.6 is 38.9 Å². The second-order valence-corrected chi connectivity index (χ2v) is 9.51. The third kappa shape index (κ3) is 4.40. The highest BCUT2D eigenvalue weighted by Gasteiger charge is 2.33. The van der Waals surface area contributed by atoms with Gasteiger partial charge in [0.1, 0.15) is 11.6 Å². The summed E-state index contributed by atoms with van der Waals surface area (Å²) < 4.78 is 21.1. The molecule has 2 aromatic carbocycles. The van der Waals surface area contributed by atoms with Crippen LogP contribution in [0.5, 0.6) is 5.75 Å². The summed E-state index contributed by atoms with van der Waals surface area (Å²) in [6, 6.07) is 7.91. The molecular weight excluding hydrogens is 535 g/mol. The van der Waals surface area contributed by atoms with Gasteiger partial charge in [-0.2, -0.15) is 0 Å². The zero-order valence-electron chi connectivity index (χ0n) is 17.4. The highest BCUT2D eigenvalue weighted by molar-refractivity contribution is 9.10. The van der Waals surface area contributed by atoms with Crippen molar-refractivity contribution in [2.24, 2.45) is 4.99 Å². The number of thiazole rings is 1. The van der Waals surface area contributed by atoms with Crippen LogP contribution in [0.3, 0.4) is 0 Å². The number of rotatable bonds is 4. The van der Waals surface area contributed by atoms with Crippen molar-refractivity contribution in [3.8, 4) is 5.75 Å². The number of phenols is 1. The van der Waals surface area contributed by atoms with Crippen LogP contribution in [0.1, 0.15) is 31.0 Å². The normalized spacial score (nSPS) is 15.9. The van der Waals surface area contributed by atoms with Crippen molar-refractivity contribution in [1.29, 1.82) is 0 Å². The second-order valence-electron chi connectivity index (χ2n) is 7.18. The highest BCUT2D eigenvalue weighted by Crippen LogP contribution is 2.32. The Labute approximate surface area is 205 Å². The fourth-order valence-electron chi connectivity index (χ4n) is 3.59. The quantitative estimate of drug-likeness (QED) is 0.496. The molecular formula is C23H17BrClFN2O4S. The minimum absolute atomic E-state index is 0.132. The second kappa shape index (κ2) is 9.24. The minimum Gasteiger partial charge on any atom is -0.506 e. The number of halogens is 3. The molecule has 0 bridgehead atoms. The predicted octanol–water partition coefficient (Wildman–Crippen LogP) is 4.06. The monoisotopic (exact) mass is 550 g/mol. The zero-order valence-corrected chi connectivity index (χ0v) is 20.6. The fraction of sp³-hybridized carbons (Fsp3) is 0.174. The Kier molecular flexibility index (Phi) is 6.56. The molecule has 1 aromatic heterocycles. The maximum atomic E-state index is 13.6. The van der Waals surface area contributed by atoms with E-state index in [-0.39, 0.29) is 27.5 Å². The van der Waals surface area contributed by atoms with Gasteiger partial charge in [-0.15, -0.1) is 0 Å². The minimum atomic E-state index is -0.845. The van der Waals surface area contributed by atoms with Crippen LogP contribution in [0.25, 0.3) is 6.08 Å². The van der Waals surface area contributed by atoms with Crippen LogP contribution in [0.4, 0.5) is 4.39 Å². The van der Waals surface area contributed by atoms with E-state index in [2.05, 4.69) is 20.9 Å². The first-order valence-corrected chi connectivity index (χ1v) is 11.8. The number of ether oxygens (including phenoxy) is 1. The number of aromatic nitrogens is 1. The summed E-state index contributed by atoms with van der Waals surface area (Å²) in [4.78, 5) is 31.1. The Morgan fingerprint density at radius 1 is 1.36 bits per heavy atom. The lowest BCUT2D eigenvalue weighted by Gasteiger charge is -2.24. The van der Waals surface area contributed by atoms with Crippen LogP contribution in [0.2, 0.25) is 5.02 Å². The maximum absolute atomic E-state index is 13.6. The maximum Gasteiger partial charge on any atom is 0.338 e. The molecule has 0 unspecified atom stereocenters. The van der Waals surface area contributed by atoms with E-state index in [0.29, 0.717) is 26.1 Å². The number of esters is 1. The Morgan fingerprint density at radius 2 is 2.06 bits per heavy atom. The number of carbonyl (C=O) groups excluding carboxylic acids is 1. The topological polar surface area (TPSA) is 80.9 Å². The molecule has 2 heterocycles. The summed E-state index contributed by atoms with van der Waals surface area (Å²) in [5.74, 6) is -1.20. The number of carbonyl (C=O) groups is 1. The van der Waals surface area contributed by atoms with Crippen molar-refractivity contribution >= 4 is 50.9 Å². The Morgan fingerprint density at radius 3 is 2.73 bits per heavy atom. The molecule has 0 saturated heterocycles. The molecule has 10 heteroatoms. The van der Waals surface area contributed by atoms with Crippen LogP contribution in [0, 0.1) is 5.82 Å². The summed E-state index contributed by atoms with van der Waals surface area (Å²) in [6.45, 7) is 3.50. The van der Waals surface area contributed by atoms with Gasteiger partial charge < -0.3 is 9.84 Å². The number of phenolic OH excluding ortho intramolecular Hbond substituents is 1. The number of benzene rings is 2. The van der Waals surface area contributed by atoms with Gasteiger partial charge in [0, 0.05) is 10.0 Å². The Hall–Kier alpha value is -2.75. The lowest BCUT2D eigenvalue weighted by molar-refractivity contribution is -0.139. The van der Waals surface area contributed by atoms with Crippen molar-refractivity contribution < 1.29 is 19.0 Å². The molecule has 1 atom stereocenters. The third-order valence-corrected chi connectivity index (χ3v) is 6.78. The van der Waals surface area contributed by atoms with Gasteiger partial charge in [0.25, 0.3) is 5.56 Å². The molecule has 0 radical (unpaired) electrons. The molecule has 0 fully saturated rings. The number of aromatic hydroxyl groups is 1. The van der Waals surface area contributed by atoms with Crippen LogP contribution in [0.15, 0.2) is 61.9 Å². The molecule has 1 N–H and O–H groups in total. The van der Waals surface area contributed by atoms with E-state index in [0.717, 1.165) is 11.3 Å². The smallest absolute Gasteiger partial charge is 0.338 e. The van der Waals surface area contributed by atoms with Crippen molar-refractivity contribution in [3.63, 3.8) is 0 Å². The lowest BCUT2D eigenvalue weighted by Crippen LogP contribution is -2.39. The van der Waals surface area contributed by atoms with Crippen molar-refractivity contribution in [3.05, 3.63) is 93.8 Å². The van der Waals surface area contributed by atoms with E-state index in [4.69, 9.17) is 16.3 Å². The average molecular weight is 552 g/mol. The first-order chi connectivity index (χ1) is 15.7. The van der Waals surface area contributed by atoms with E-state index in [1.807, 2.05) is 0 Å². The molecule has 0 spiro atoms. The largest absolute Gasteiger partial charge is 0.506 e. The van der Waals surface area contributed by atoms with Gasteiger partial charge in [0.05, 0.1) is 33.5 Å². The van der Waals surface area contributed by atoms with E-state index < -0.39 is 23.4 Å². The highest BCUT2D eigenvalue weighted by atomic mass is 79.9. The third-order valence-electron chi connectivity index (χ3n) is 5.05. The summed E-state index contributed by atoms with van der Waals surface area (Å²) in [5.41, 5.74) is 1.08. The van der Waals surface area contributed by atoms with Crippen LogP contribution in [-0.4, -0.2) is 22.2 Å². The molecule has 1 aliphatic rings. The van der Waals surface area contributed by atoms with E-state index in [1.165, 1.54) is 34.9 Å². The lowest BCUT2D eigenvalue weighted by atomic mass is 9.96. The summed E-state index contributed by atoms with van der Waals surface area (Å²) in [5, 5.41) is 10.5. The Bertz CT molecular complexity index is 1480. The molecule has 0 aliphatic carbocycles. The van der Waals surface area contributed by atoms with Gasteiger partial charge in [-0.05, 0) is 49.8 Å².